The van der Waals surface area contributed by atoms with Crippen LogP contribution in [-0.2, 0) is 13.1 Å². The molecule has 4 nitrogen and oxygen atoms in total. The molecule has 100 valence electrons. The number of nitrogens with two attached hydrogens (primary N) is 1. The molecule has 0 spiro atoms. The molecule has 0 unspecified atom stereocenters. The maximum absolute atomic E-state index is 5.64. The van der Waals surface area contributed by atoms with E-state index in [0.717, 1.165) is 23.7 Å². The smallest absolute Gasteiger partial charge is 0.128 e. The lowest BCUT2D eigenvalue weighted by atomic mass is 10.2. The molecule has 0 aliphatic rings. The van der Waals surface area contributed by atoms with Crippen LogP contribution in [0.15, 0.2) is 42.6 Å². The Morgan fingerprint density at radius 3 is 2.53 bits per heavy atom. The Morgan fingerprint density at radius 1 is 1.16 bits per heavy atom. The molecule has 0 radical (unpaired) electrons. The molecule has 0 atom stereocenters. The second kappa shape index (κ2) is 6.20. The van der Waals surface area contributed by atoms with E-state index in [1.807, 2.05) is 31.3 Å². The third-order valence-electron chi connectivity index (χ3n) is 3.02. The van der Waals surface area contributed by atoms with E-state index in [0.29, 0.717) is 6.54 Å². The fraction of sp³-hybridized carbons (Fsp3) is 0.267. The van der Waals surface area contributed by atoms with Crippen LogP contribution in [0.4, 0.5) is 5.82 Å². The lowest BCUT2D eigenvalue weighted by molar-refractivity contribution is 0.414. The molecule has 0 aliphatic carbocycles. The molecule has 1 aromatic heterocycles. The number of anilines is 1. The van der Waals surface area contributed by atoms with Crippen LogP contribution in [0, 0.1) is 0 Å². The third-order valence-corrected chi connectivity index (χ3v) is 3.02. The molecule has 0 amide bonds. The zero-order chi connectivity index (χ0) is 13.7. The molecule has 2 rings (SSSR count). The first kappa shape index (κ1) is 13.4. The first-order valence-electron chi connectivity index (χ1n) is 6.22. The Kier molecular flexibility index (Phi) is 4.36. The molecule has 2 aromatic rings. The molecule has 0 fully saturated rings. The Balaban J connectivity index is 2.08. The number of rotatable bonds is 5. The van der Waals surface area contributed by atoms with E-state index < -0.39 is 0 Å². The number of aromatic nitrogens is 1. The third kappa shape index (κ3) is 3.45. The fourth-order valence-electron chi connectivity index (χ4n) is 1.88. The van der Waals surface area contributed by atoms with Gasteiger partial charge in [0.15, 0.2) is 0 Å². The van der Waals surface area contributed by atoms with Gasteiger partial charge in [0, 0.05) is 26.3 Å². The van der Waals surface area contributed by atoms with Crippen LogP contribution in [0.3, 0.4) is 0 Å². The largest absolute Gasteiger partial charge is 0.497 e. The second-order valence-corrected chi connectivity index (χ2v) is 4.43. The average Bonchev–Trinajstić information content (AvgIpc) is 2.48. The van der Waals surface area contributed by atoms with Crippen LogP contribution in [-0.4, -0.2) is 19.1 Å². The number of ether oxygens (including phenoxy) is 1. The lowest BCUT2D eigenvalue weighted by Gasteiger charge is -2.19. The molecule has 0 saturated carbocycles. The number of nitrogens with zero attached hydrogens (tertiary/aromatic N) is 2. The van der Waals surface area contributed by atoms with E-state index in [4.69, 9.17) is 10.5 Å². The van der Waals surface area contributed by atoms with Crippen molar-refractivity contribution in [2.24, 2.45) is 5.73 Å². The van der Waals surface area contributed by atoms with E-state index in [-0.39, 0.29) is 0 Å². The van der Waals surface area contributed by atoms with Gasteiger partial charge in [0.1, 0.15) is 11.6 Å². The highest BCUT2D eigenvalue weighted by molar-refractivity contribution is 5.41. The van der Waals surface area contributed by atoms with Crippen molar-refractivity contribution in [1.29, 1.82) is 0 Å². The van der Waals surface area contributed by atoms with Gasteiger partial charge >= 0.3 is 0 Å². The molecule has 1 aromatic carbocycles. The van der Waals surface area contributed by atoms with Gasteiger partial charge in [0.2, 0.25) is 0 Å². The summed E-state index contributed by atoms with van der Waals surface area (Å²) < 4.78 is 5.15. The molecule has 0 aliphatic heterocycles. The van der Waals surface area contributed by atoms with Crippen molar-refractivity contribution >= 4 is 5.82 Å². The van der Waals surface area contributed by atoms with Gasteiger partial charge in [-0.15, -0.1) is 0 Å². The summed E-state index contributed by atoms with van der Waals surface area (Å²) >= 11 is 0. The maximum Gasteiger partial charge on any atom is 0.128 e. The van der Waals surface area contributed by atoms with Gasteiger partial charge in [-0.25, -0.2) is 4.98 Å². The summed E-state index contributed by atoms with van der Waals surface area (Å²) in [5.74, 6) is 1.80. The summed E-state index contributed by atoms with van der Waals surface area (Å²) in [6.07, 6.45) is 1.79. The molecular formula is C15H19N3O. The average molecular weight is 257 g/mol. The lowest BCUT2D eigenvalue weighted by Crippen LogP contribution is -2.18. The highest BCUT2D eigenvalue weighted by Crippen LogP contribution is 2.16. The monoisotopic (exact) mass is 257 g/mol. The SMILES string of the molecule is COc1ccc(CN(C)c2cc(CN)ccn2)cc1. The van der Waals surface area contributed by atoms with Crippen molar-refractivity contribution in [1.82, 2.24) is 4.98 Å². The van der Waals surface area contributed by atoms with Gasteiger partial charge < -0.3 is 15.4 Å². The summed E-state index contributed by atoms with van der Waals surface area (Å²) in [4.78, 5) is 6.46. The zero-order valence-electron chi connectivity index (χ0n) is 11.3. The first-order chi connectivity index (χ1) is 9.22. The summed E-state index contributed by atoms with van der Waals surface area (Å²) in [7, 11) is 3.69. The molecule has 0 bridgehead atoms. The van der Waals surface area contributed by atoms with Crippen molar-refractivity contribution in [3.8, 4) is 5.75 Å². The number of pyridine rings is 1. The van der Waals surface area contributed by atoms with Gasteiger partial charge in [-0.2, -0.15) is 0 Å². The van der Waals surface area contributed by atoms with E-state index in [9.17, 15) is 0 Å². The van der Waals surface area contributed by atoms with Crippen molar-refractivity contribution in [2.45, 2.75) is 13.1 Å². The molecular weight excluding hydrogens is 238 g/mol. The first-order valence-corrected chi connectivity index (χ1v) is 6.22. The standard InChI is InChI=1S/C15H19N3O/c1-18(15-9-13(10-16)7-8-17-15)11-12-3-5-14(19-2)6-4-12/h3-9H,10-11,16H2,1-2H3. The van der Waals surface area contributed by atoms with Crippen molar-refractivity contribution in [3.05, 3.63) is 53.7 Å². The Labute approximate surface area is 113 Å². The number of hydrogen-bond acceptors (Lipinski definition) is 4. The van der Waals surface area contributed by atoms with Crippen molar-refractivity contribution in [3.63, 3.8) is 0 Å². The Hall–Kier alpha value is -2.07. The highest BCUT2D eigenvalue weighted by atomic mass is 16.5. The van der Waals surface area contributed by atoms with Crippen LogP contribution in [0.5, 0.6) is 5.75 Å². The maximum atomic E-state index is 5.64. The topological polar surface area (TPSA) is 51.4 Å². The quantitative estimate of drug-likeness (QED) is 0.892. The summed E-state index contributed by atoms with van der Waals surface area (Å²) in [5, 5.41) is 0. The molecule has 1 heterocycles. The summed E-state index contributed by atoms with van der Waals surface area (Å²) in [5.41, 5.74) is 7.94. The normalized spacial score (nSPS) is 10.3. The second-order valence-electron chi connectivity index (χ2n) is 4.43. The van der Waals surface area contributed by atoms with E-state index in [2.05, 4.69) is 22.0 Å². The van der Waals surface area contributed by atoms with Crippen LogP contribution in [0.1, 0.15) is 11.1 Å². The molecule has 2 N–H and O–H groups in total. The fourth-order valence-corrected chi connectivity index (χ4v) is 1.88. The van der Waals surface area contributed by atoms with Crippen molar-refractivity contribution in [2.75, 3.05) is 19.1 Å². The van der Waals surface area contributed by atoms with Crippen LogP contribution in [0.25, 0.3) is 0 Å². The van der Waals surface area contributed by atoms with Gasteiger partial charge in [-0.1, -0.05) is 12.1 Å². The summed E-state index contributed by atoms with van der Waals surface area (Å²) in [6.45, 7) is 1.33. The minimum Gasteiger partial charge on any atom is -0.497 e. The predicted molar refractivity (Wildman–Crippen MR) is 77.2 cm³/mol. The van der Waals surface area contributed by atoms with Crippen LogP contribution >= 0.6 is 0 Å². The van der Waals surface area contributed by atoms with E-state index >= 15 is 0 Å². The molecule has 4 heteroatoms. The van der Waals surface area contributed by atoms with E-state index in [1.54, 1.807) is 13.3 Å². The molecule has 19 heavy (non-hydrogen) atoms. The number of methoxy groups -OCH3 is 1. The van der Waals surface area contributed by atoms with Crippen LogP contribution < -0.4 is 15.4 Å². The predicted octanol–water partition coefficient (Wildman–Crippen LogP) is 2.19. The zero-order valence-corrected chi connectivity index (χ0v) is 11.3. The van der Waals surface area contributed by atoms with Gasteiger partial charge in [0.05, 0.1) is 7.11 Å². The minimum atomic E-state index is 0.534. The van der Waals surface area contributed by atoms with Crippen LogP contribution in [0.2, 0.25) is 0 Å². The minimum absolute atomic E-state index is 0.534. The van der Waals surface area contributed by atoms with E-state index in [1.165, 1.54) is 5.56 Å². The molecule has 0 saturated heterocycles. The van der Waals surface area contributed by atoms with Crippen molar-refractivity contribution < 1.29 is 4.74 Å². The Bertz CT molecular complexity index is 525. The highest BCUT2D eigenvalue weighted by Gasteiger charge is 2.04. The number of hydrogen-bond donors (Lipinski definition) is 1. The Morgan fingerprint density at radius 2 is 1.89 bits per heavy atom. The van der Waals surface area contributed by atoms with Gasteiger partial charge in [-0.05, 0) is 35.4 Å². The van der Waals surface area contributed by atoms with Gasteiger partial charge in [0.25, 0.3) is 0 Å². The van der Waals surface area contributed by atoms with Gasteiger partial charge in [-0.3, -0.25) is 0 Å². The summed E-state index contributed by atoms with van der Waals surface area (Å²) in [6, 6.07) is 12.0. The number of benzene rings is 1.